The first kappa shape index (κ1) is 30.5. The van der Waals surface area contributed by atoms with E-state index in [4.69, 9.17) is 4.98 Å². The van der Waals surface area contributed by atoms with Crippen LogP contribution >= 0.6 is 0 Å². The monoisotopic (exact) mass is 604 g/mol. The average molecular weight is 605 g/mol. The van der Waals surface area contributed by atoms with Gasteiger partial charge in [0, 0.05) is 55.3 Å². The van der Waals surface area contributed by atoms with Crippen LogP contribution in [0.3, 0.4) is 0 Å². The van der Waals surface area contributed by atoms with Gasteiger partial charge in [0.2, 0.25) is 0 Å². The van der Waals surface area contributed by atoms with Crippen LogP contribution in [0, 0.1) is 5.92 Å². The summed E-state index contributed by atoms with van der Waals surface area (Å²) in [6, 6.07) is 24.3. The normalized spacial score (nSPS) is 16.8. The largest absolute Gasteiger partial charge is 0.478 e. The summed E-state index contributed by atoms with van der Waals surface area (Å²) in [5, 5.41) is 13.8. The molecule has 1 aromatic heterocycles. The van der Waals surface area contributed by atoms with E-state index in [-0.39, 0.29) is 29.0 Å². The number of rotatable bonds is 8. The molecule has 1 aliphatic carbocycles. The number of benzene rings is 3. The van der Waals surface area contributed by atoms with Crippen molar-refractivity contribution in [2.24, 2.45) is 5.92 Å². The van der Waals surface area contributed by atoms with Crippen molar-refractivity contribution in [3.8, 4) is 11.3 Å². The van der Waals surface area contributed by atoms with Crippen LogP contribution in [0.4, 0.5) is 0 Å². The molecule has 0 bridgehead atoms. The van der Waals surface area contributed by atoms with E-state index in [9.17, 15) is 19.5 Å². The van der Waals surface area contributed by atoms with E-state index in [1.807, 2.05) is 54.6 Å². The van der Waals surface area contributed by atoms with Crippen molar-refractivity contribution >= 4 is 28.7 Å². The number of carboxylic acid groups (broad SMARTS) is 1. The summed E-state index contributed by atoms with van der Waals surface area (Å²) >= 11 is 0. The molecule has 232 valence electrons. The first-order chi connectivity index (χ1) is 21.9. The molecule has 6 rings (SSSR count). The molecule has 1 atom stereocenters. The highest BCUT2D eigenvalue weighted by molar-refractivity contribution is 6.09. The minimum atomic E-state index is -1.11. The van der Waals surface area contributed by atoms with Crippen LogP contribution in [0.5, 0.6) is 0 Å². The molecule has 2 amide bonds. The Morgan fingerprint density at radius 3 is 2.20 bits per heavy atom. The highest BCUT2D eigenvalue weighted by Gasteiger charge is 2.29. The van der Waals surface area contributed by atoms with E-state index in [1.54, 1.807) is 23.1 Å². The van der Waals surface area contributed by atoms with Crippen molar-refractivity contribution in [1.82, 2.24) is 20.1 Å². The lowest BCUT2D eigenvalue weighted by atomic mass is 9.84. The number of carboxylic acids is 1. The zero-order valence-corrected chi connectivity index (χ0v) is 25.7. The first-order valence-electron chi connectivity index (χ1n) is 16.0. The summed E-state index contributed by atoms with van der Waals surface area (Å²) in [4.78, 5) is 48.4. The third-order valence-corrected chi connectivity index (χ3v) is 9.41. The van der Waals surface area contributed by atoms with Crippen molar-refractivity contribution in [1.29, 1.82) is 0 Å². The van der Waals surface area contributed by atoms with Crippen molar-refractivity contribution in [2.75, 3.05) is 26.2 Å². The van der Waals surface area contributed by atoms with E-state index in [2.05, 4.69) is 17.1 Å². The maximum atomic E-state index is 14.3. The minimum absolute atomic E-state index is 0.0118. The molecule has 45 heavy (non-hydrogen) atoms. The van der Waals surface area contributed by atoms with Gasteiger partial charge in [0.05, 0.1) is 27.9 Å². The molecule has 2 N–H and O–H groups in total. The zero-order valence-electron chi connectivity index (χ0n) is 25.7. The van der Waals surface area contributed by atoms with Gasteiger partial charge >= 0.3 is 5.97 Å². The molecule has 0 unspecified atom stereocenters. The van der Waals surface area contributed by atoms with E-state index in [0.29, 0.717) is 44.2 Å². The van der Waals surface area contributed by atoms with Gasteiger partial charge in [-0.3, -0.25) is 14.5 Å². The number of fused-ring (bicyclic) bond motifs is 1. The number of pyridine rings is 1. The number of hydrogen-bond donors (Lipinski definition) is 2. The smallest absolute Gasteiger partial charge is 0.336 e. The molecule has 2 aliphatic rings. The van der Waals surface area contributed by atoms with Crippen LogP contribution in [-0.4, -0.2) is 69.9 Å². The van der Waals surface area contributed by atoms with Crippen LogP contribution in [-0.2, 0) is 6.54 Å². The number of nitrogens with zero attached hydrogens (tertiary/aromatic N) is 3. The van der Waals surface area contributed by atoms with E-state index >= 15 is 0 Å². The zero-order chi connectivity index (χ0) is 31.3. The number of piperazine rings is 1. The van der Waals surface area contributed by atoms with E-state index < -0.39 is 5.97 Å². The highest BCUT2D eigenvalue weighted by Crippen LogP contribution is 2.33. The van der Waals surface area contributed by atoms with Gasteiger partial charge in [-0.2, -0.15) is 0 Å². The average Bonchev–Trinajstić information content (AvgIpc) is 3.08. The fraction of sp³-hybridized carbons (Fsp3) is 0.351. The van der Waals surface area contributed by atoms with Gasteiger partial charge in [-0.15, -0.1) is 0 Å². The second-order valence-corrected chi connectivity index (χ2v) is 12.3. The fourth-order valence-electron chi connectivity index (χ4n) is 6.89. The summed E-state index contributed by atoms with van der Waals surface area (Å²) < 4.78 is 0. The Hall–Kier alpha value is -4.56. The van der Waals surface area contributed by atoms with Crippen molar-refractivity contribution in [3.05, 3.63) is 101 Å². The Labute approximate surface area is 264 Å². The Bertz CT molecular complexity index is 1690. The van der Waals surface area contributed by atoms with E-state index in [0.717, 1.165) is 40.6 Å². The number of aromatic nitrogens is 1. The summed E-state index contributed by atoms with van der Waals surface area (Å²) in [6.45, 7) is 4.71. The summed E-state index contributed by atoms with van der Waals surface area (Å²) in [6.07, 6.45) is 5.97. The Morgan fingerprint density at radius 1 is 0.844 bits per heavy atom. The maximum Gasteiger partial charge on any atom is 0.336 e. The Balaban J connectivity index is 1.31. The number of nitrogens with one attached hydrogen (secondary N) is 1. The number of carbonyl (C=O) groups is 3. The molecular formula is C37H40N4O4. The van der Waals surface area contributed by atoms with Crippen molar-refractivity contribution in [2.45, 2.75) is 51.6 Å². The van der Waals surface area contributed by atoms with E-state index in [1.165, 1.54) is 25.3 Å². The standard InChI is InChI=1S/C37H40N4O4/c1-25(26-12-4-2-5-13-26)38-35(42)33-30-18-10-11-19-32(30)39-34(27-14-6-3-7-15-27)31(33)24-40-20-22-41(23-21-40)36(43)28-16-8-9-17-29(28)37(44)45/h3,6-11,14-19,25-26H,2,4-5,12-13,20-24H2,1H3,(H,38,42)(H,44,45)/t25-/m0/s1. The minimum Gasteiger partial charge on any atom is -0.478 e. The summed E-state index contributed by atoms with van der Waals surface area (Å²) in [5.74, 6) is -0.983. The van der Waals surface area contributed by atoms with Crippen molar-refractivity contribution < 1.29 is 19.5 Å². The van der Waals surface area contributed by atoms with Crippen LogP contribution in [0.1, 0.15) is 75.7 Å². The molecule has 3 aromatic carbocycles. The number of para-hydroxylation sites is 1. The molecule has 0 spiro atoms. The molecule has 8 nitrogen and oxygen atoms in total. The van der Waals surface area contributed by atoms with Crippen LogP contribution in [0.15, 0.2) is 78.9 Å². The number of amides is 2. The van der Waals surface area contributed by atoms with Gasteiger partial charge in [-0.1, -0.05) is 79.9 Å². The number of aromatic carboxylic acids is 1. The lowest BCUT2D eigenvalue weighted by Gasteiger charge is -2.35. The summed E-state index contributed by atoms with van der Waals surface area (Å²) in [5.41, 5.74) is 4.28. The second kappa shape index (κ2) is 13.6. The Morgan fingerprint density at radius 2 is 1.49 bits per heavy atom. The van der Waals surface area contributed by atoms with Gasteiger partial charge in [-0.05, 0) is 43.9 Å². The molecule has 1 saturated carbocycles. The predicted octanol–water partition coefficient (Wildman–Crippen LogP) is 6.26. The fourth-order valence-corrected chi connectivity index (χ4v) is 6.89. The third kappa shape index (κ3) is 6.61. The molecule has 2 fully saturated rings. The van der Waals surface area contributed by atoms with Crippen molar-refractivity contribution in [3.63, 3.8) is 0 Å². The predicted molar refractivity (Wildman–Crippen MR) is 175 cm³/mol. The molecule has 2 heterocycles. The van der Waals surface area contributed by atoms with Crippen LogP contribution < -0.4 is 5.32 Å². The quantitative estimate of drug-likeness (QED) is 0.246. The van der Waals surface area contributed by atoms with Crippen LogP contribution in [0.2, 0.25) is 0 Å². The molecule has 8 heteroatoms. The molecule has 0 radical (unpaired) electrons. The Kier molecular flexibility index (Phi) is 9.21. The van der Waals surface area contributed by atoms with Gasteiger partial charge in [-0.25, -0.2) is 9.78 Å². The third-order valence-electron chi connectivity index (χ3n) is 9.41. The molecule has 4 aromatic rings. The molecule has 1 saturated heterocycles. The van der Waals surface area contributed by atoms with Crippen LogP contribution in [0.25, 0.3) is 22.2 Å². The van der Waals surface area contributed by atoms with Gasteiger partial charge in [0.15, 0.2) is 0 Å². The first-order valence-corrected chi connectivity index (χ1v) is 16.0. The number of hydrogen-bond acceptors (Lipinski definition) is 5. The van der Waals surface area contributed by atoms with Gasteiger partial charge < -0.3 is 15.3 Å². The lowest BCUT2D eigenvalue weighted by molar-refractivity contribution is 0.0608. The van der Waals surface area contributed by atoms with Gasteiger partial charge in [0.25, 0.3) is 11.8 Å². The molecule has 1 aliphatic heterocycles. The second-order valence-electron chi connectivity index (χ2n) is 12.3. The highest BCUT2D eigenvalue weighted by atomic mass is 16.4. The summed E-state index contributed by atoms with van der Waals surface area (Å²) in [7, 11) is 0. The van der Waals surface area contributed by atoms with Gasteiger partial charge in [0.1, 0.15) is 0 Å². The SMILES string of the molecule is C[C@H](NC(=O)c1c(CN2CCN(C(=O)c3ccccc3C(=O)O)CC2)c(-c2ccccc2)nc2ccccc12)C1CCCCC1. The lowest BCUT2D eigenvalue weighted by Crippen LogP contribution is -2.48. The maximum absolute atomic E-state index is 14.3. The molecular weight excluding hydrogens is 564 g/mol. The number of carbonyl (C=O) groups excluding carboxylic acids is 2. The topological polar surface area (TPSA) is 103 Å².